The van der Waals surface area contributed by atoms with E-state index in [1.54, 1.807) is 12.3 Å². The molecule has 5 heterocycles. The molecule has 3 aliphatic rings. The van der Waals surface area contributed by atoms with Gasteiger partial charge in [0.15, 0.2) is 0 Å². The van der Waals surface area contributed by atoms with Gasteiger partial charge < -0.3 is 10.0 Å². The summed E-state index contributed by atoms with van der Waals surface area (Å²) >= 11 is 0. The van der Waals surface area contributed by atoms with Gasteiger partial charge >= 0.3 is 0 Å². The SMILES string of the molecule is O=C1CCC(N2Cc3cc(O)ccc3C2=O)C(=O)N1.c1cncc(-n2cc(CN3CCCC3)cn2)c1. The van der Waals surface area contributed by atoms with Gasteiger partial charge in [-0.1, -0.05) is 0 Å². The van der Waals surface area contributed by atoms with Crippen molar-refractivity contribution in [1.82, 2.24) is 29.9 Å². The molecule has 1 atom stereocenters. The second-order valence-corrected chi connectivity index (χ2v) is 9.23. The van der Waals surface area contributed by atoms with Crippen LogP contribution in [0.25, 0.3) is 5.69 Å². The molecule has 1 unspecified atom stereocenters. The number of aromatic hydroxyl groups is 1. The quantitative estimate of drug-likeness (QED) is 0.539. The molecule has 3 aromatic rings. The Hall–Kier alpha value is -4.05. The lowest BCUT2D eigenvalue weighted by molar-refractivity contribution is -0.136. The molecule has 36 heavy (non-hydrogen) atoms. The van der Waals surface area contributed by atoms with Crippen molar-refractivity contribution in [2.24, 2.45) is 0 Å². The molecule has 2 fully saturated rings. The fourth-order valence-electron chi connectivity index (χ4n) is 4.83. The molecule has 2 N–H and O–H groups in total. The minimum atomic E-state index is -0.611. The highest BCUT2D eigenvalue weighted by Crippen LogP contribution is 2.29. The lowest BCUT2D eigenvalue weighted by Gasteiger charge is -2.29. The average molecular weight is 489 g/mol. The minimum Gasteiger partial charge on any atom is -0.508 e. The number of aromatic nitrogens is 3. The smallest absolute Gasteiger partial charge is 0.255 e. The highest BCUT2D eigenvalue weighted by Gasteiger charge is 2.39. The van der Waals surface area contributed by atoms with Crippen molar-refractivity contribution in [3.05, 3.63) is 71.8 Å². The Labute approximate surface area is 208 Å². The number of rotatable bonds is 4. The lowest BCUT2D eigenvalue weighted by Crippen LogP contribution is -2.52. The normalized spacial score (nSPS) is 19.6. The second kappa shape index (κ2) is 10.3. The maximum atomic E-state index is 12.2. The van der Waals surface area contributed by atoms with Crippen LogP contribution in [0.3, 0.4) is 0 Å². The zero-order valence-electron chi connectivity index (χ0n) is 19.8. The number of phenols is 1. The Kier molecular flexibility index (Phi) is 6.77. The number of benzene rings is 1. The van der Waals surface area contributed by atoms with Crippen LogP contribution in [0.5, 0.6) is 5.75 Å². The number of hydrogen-bond donors (Lipinski definition) is 2. The van der Waals surface area contributed by atoms with Crippen LogP contribution in [-0.2, 0) is 22.7 Å². The molecule has 10 nitrogen and oxygen atoms in total. The van der Waals surface area contributed by atoms with Crippen molar-refractivity contribution in [1.29, 1.82) is 0 Å². The zero-order chi connectivity index (χ0) is 25.1. The van der Waals surface area contributed by atoms with Gasteiger partial charge in [-0.25, -0.2) is 4.68 Å². The first-order valence-electron chi connectivity index (χ1n) is 12.1. The molecule has 186 valence electrons. The molecule has 0 radical (unpaired) electrons. The summed E-state index contributed by atoms with van der Waals surface area (Å²) in [5, 5.41) is 16.0. The van der Waals surface area contributed by atoms with E-state index in [1.165, 1.54) is 48.5 Å². The topological polar surface area (TPSA) is 121 Å². The number of carbonyl (C=O) groups is 3. The molecule has 0 spiro atoms. The molecule has 1 aromatic carbocycles. The van der Waals surface area contributed by atoms with Crippen molar-refractivity contribution in [3.63, 3.8) is 0 Å². The predicted molar refractivity (Wildman–Crippen MR) is 130 cm³/mol. The molecule has 2 saturated heterocycles. The Morgan fingerprint density at radius 2 is 1.92 bits per heavy atom. The summed E-state index contributed by atoms with van der Waals surface area (Å²) in [5.41, 5.74) is 3.49. The van der Waals surface area contributed by atoms with Crippen LogP contribution in [0.2, 0.25) is 0 Å². The summed E-state index contributed by atoms with van der Waals surface area (Å²) < 4.78 is 1.89. The summed E-state index contributed by atoms with van der Waals surface area (Å²) in [7, 11) is 0. The Morgan fingerprint density at radius 1 is 1.08 bits per heavy atom. The standard InChI is InChI=1S/C13H16N4.C13H12N2O4/c1-2-7-16(6-1)10-12-8-15-17(11-12)13-4-3-5-14-9-13;16-8-1-2-9-7(5-8)6-15(13(9)19)10-3-4-11(17)14-12(10)18/h3-5,8-9,11H,1-2,6-7,10H2;1-2,5,10,16H,3-4,6H2,(H,14,17,18). The number of phenolic OH excluding ortho intramolecular Hbond substituents is 1. The van der Waals surface area contributed by atoms with Crippen LogP contribution in [0.1, 0.15) is 47.2 Å². The van der Waals surface area contributed by atoms with Crippen LogP contribution in [0, 0.1) is 0 Å². The fraction of sp³-hybridized carbons (Fsp3) is 0.346. The van der Waals surface area contributed by atoms with Crippen molar-refractivity contribution in [2.75, 3.05) is 13.1 Å². The first kappa shape index (κ1) is 23.7. The molecule has 6 rings (SSSR count). The summed E-state index contributed by atoms with van der Waals surface area (Å²) in [4.78, 5) is 43.1. The molecule has 2 aromatic heterocycles. The highest BCUT2D eigenvalue weighted by atomic mass is 16.3. The molecule has 10 heteroatoms. The molecule has 0 aliphatic carbocycles. The van der Waals surface area contributed by atoms with Crippen LogP contribution < -0.4 is 5.32 Å². The summed E-state index contributed by atoms with van der Waals surface area (Å²) in [6.45, 7) is 3.74. The van der Waals surface area contributed by atoms with E-state index in [1.807, 2.05) is 29.2 Å². The number of piperidine rings is 1. The van der Waals surface area contributed by atoms with Crippen LogP contribution in [-0.4, -0.2) is 66.5 Å². The van der Waals surface area contributed by atoms with Gasteiger partial charge in [-0.15, -0.1) is 0 Å². The van der Waals surface area contributed by atoms with Crippen molar-refractivity contribution in [3.8, 4) is 11.4 Å². The molecular weight excluding hydrogens is 460 g/mol. The van der Waals surface area contributed by atoms with Gasteiger partial charge in [0.1, 0.15) is 11.8 Å². The van der Waals surface area contributed by atoms with Crippen molar-refractivity contribution in [2.45, 2.75) is 44.8 Å². The van der Waals surface area contributed by atoms with Gasteiger partial charge in [0.05, 0.1) is 18.1 Å². The number of fused-ring (bicyclic) bond motifs is 1. The first-order chi connectivity index (χ1) is 17.5. The maximum Gasteiger partial charge on any atom is 0.255 e. The van der Waals surface area contributed by atoms with Crippen LogP contribution >= 0.6 is 0 Å². The number of nitrogens with zero attached hydrogens (tertiary/aromatic N) is 5. The van der Waals surface area contributed by atoms with E-state index in [2.05, 4.69) is 26.5 Å². The first-order valence-corrected chi connectivity index (χ1v) is 12.1. The monoisotopic (exact) mass is 488 g/mol. The molecular formula is C26H28N6O4. The number of likely N-dealkylation sites (tertiary alicyclic amines) is 1. The van der Waals surface area contributed by atoms with Gasteiger partial charge in [-0.3, -0.25) is 29.6 Å². The molecule has 3 amide bonds. The Bertz CT molecular complexity index is 1270. The lowest BCUT2D eigenvalue weighted by atomic mass is 10.0. The Morgan fingerprint density at radius 3 is 2.67 bits per heavy atom. The average Bonchev–Trinajstić information content (AvgIpc) is 3.62. The van der Waals surface area contributed by atoms with Gasteiger partial charge in [0, 0.05) is 43.0 Å². The zero-order valence-corrected chi connectivity index (χ0v) is 19.8. The molecule has 0 bridgehead atoms. The second-order valence-electron chi connectivity index (χ2n) is 9.23. The van der Waals surface area contributed by atoms with Crippen molar-refractivity contribution >= 4 is 17.7 Å². The number of carbonyl (C=O) groups excluding carboxylic acids is 3. The summed E-state index contributed by atoms with van der Waals surface area (Å²) in [6, 6.07) is 7.86. The molecule has 0 saturated carbocycles. The molecule has 3 aliphatic heterocycles. The number of pyridine rings is 1. The maximum absolute atomic E-state index is 12.2. The van der Waals surface area contributed by atoms with E-state index in [-0.39, 0.29) is 30.5 Å². The largest absolute Gasteiger partial charge is 0.508 e. The fourth-order valence-corrected chi connectivity index (χ4v) is 4.83. The van der Waals surface area contributed by atoms with Gasteiger partial charge in [0.2, 0.25) is 11.8 Å². The third-order valence-corrected chi connectivity index (χ3v) is 6.66. The number of amides is 3. The van der Waals surface area contributed by atoms with Crippen LogP contribution in [0.15, 0.2) is 55.1 Å². The number of hydrogen-bond acceptors (Lipinski definition) is 7. The van der Waals surface area contributed by atoms with Gasteiger partial charge in [-0.05, 0) is 68.2 Å². The van der Waals surface area contributed by atoms with Crippen molar-refractivity contribution < 1.29 is 19.5 Å². The third-order valence-electron chi connectivity index (χ3n) is 6.66. The van der Waals surface area contributed by atoms with Crippen LogP contribution in [0.4, 0.5) is 0 Å². The van der Waals surface area contributed by atoms with E-state index >= 15 is 0 Å². The Balaban J connectivity index is 0.000000149. The predicted octanol–water partition coefficient (Wildman–Crippen LogP) is 2.02. The minimum absolute atomic E-state index is 0.0941. The van der Waals surface area contributed by atoms with E-state index in [0.717, 1.165) is 12.2 Å². The van der Waals surface area contributed by atoms with E-state index in [0.29, 0.717) is 17.5 Å². The summed E-state index contributed by atoms with van der Waals surface area (Å²) in [6.07, 6.45) is 10.9. The summed E-state index contributed by atoms with van der Waals surface area (Å²) in [5.74, 6) is -0.870. The van der Waals surface area contributed by atoms with Gasteiger partial charge in [-0.2, -0.15) is 5.10 Å². The van der Waals surface area contributed by atoms with E-state index in [9.17, 15) is 19.5 Å². The van der Waals surface area contributed by atoms with E-state index in [4.69, 9.17) is 0 Å². The number of nitrogens with one attached hydrogen (secondary N) is 1. The third kappa shape index (κ3) is 5.13. The van der Waals surface area contributed by atoms with E-state index < -0.39 is 11.9 Å². The highest BCUT2D eigenvalue weighted by molar-refractivity contribution is 6.05. The van der Waals surface area contributed by atoms with Gasteiger partial charge in [0.25, 0.3) is 5.91 Å². The number of imide groups is 1.